The third-order valence-corrected chi connectivity index (χ3v) is 6.29. The van der Waals surface area contributed by atoms with Crippen LogP contribution in [-0.2, 0) is 6.54 Å². The quantitative estimate of drug-likeness (QED) is 0.343. The van der Waals surface area contributed by atoms with E-state index in [0.29, 0.717) is 6.54 Å². The Hall–Kier alpha value is -4.05. The zero-order chi connectivity index (χ0) is 21.7. The monoisotopic (exact) mass is 418 g/mol. The summed E-state index contributed by atoms with van der Waals surface area (Å²) in [4.78, 5) is 11.9. The Morgan fingerprint density at radius 2 is 1.69 bits per heavy atom. The molecule has 1 atom stereocenters. The van der Waals surface area contributed by atoms with Gasteiger partial charge < -0.3 is 15.1 Å². The van der Waals surface area contributed by atoms with E-state index in [1.165, 1.54) is 5.56 Å². The van der Waals surface area contributed by atoms with E-state index in [-0.39, 0.29) is 11.9 Å². The number of furan rings is 1. The molecule has 0 aliphatic carbocycles. The number of para-hydroxylation sites is 1. The van der Waals surface area contributed by atoms with Crippen LogP contribution in [0.3, 0.4) is 0 Å². The molecule has 1 amide bonds. The fourth-order valence-electron chi connectivity index (χ4n) is 4.56. The lowest BCUT2D eigenvalue weighted by molar-refractivity contribution is 0.0966. The van der Waals surface area contributed by atoms with Crippen molar-refractivity contribution in [1.29, 1.82) is 0 Å². The van der Waals surface area contributed by atoms with Gasteiger partial charge >= 0.3 is 0 Å². The molecule has 32 heavy (non-hydrogen) atoms. The van der Waals surface area contributed by atoms with Crippen molar-refractivity contribution in [2.45, 2.75) is 19.5 Å². The van der Waals surface area contributed by atoms with Gasteiger partial charge in [0.2, 0.25) is 0 Å². The Labute approximate surface area is 185 Å². The highest BCUT2D eigenvalue weighted by Crippen LogP contribution is 2.37. The number of nitrogens with one attached hydrogen (secondary N) is 2. The van der Waals surface area contributed by atoms with Crippen LogP contribution < -0.4 is 10.6 Å². The smallest absolute Gasteiger partial charge is 0.251 e. The van der Waals surface area contributed by atoms with Crippen molar-refractivity contribution in [3.63, 3.8) is 0 Å². The standard InChI is InChI=1S/C28H22N2O2/c1-17(18-6-3-2-4-7-18)30-25-9-5-8-23-24-15-20(11-13-26(24)32-27(23)25)19-10-12-22-21(14-19)16-29-28(22)31/h2-15,17,30H,16H2,1H3,(H,29,31). The molecule has 0 spiro atoms. The maximum Gasteiger partial charge on any atom is 0.251 e. The maximum atomic E-state index is 11.9. The van der Waals surface area contributed by atoms with Crippen LogP contribution in [0.4, 0.5) is 5.69 Å². The summed E-state index contributed by atoms with van der Waals surface area (Å²) < 4.78 is 6.28. The summed E-state index contributed by atoms with van der Waals surface area (Å²) in [6.07, 6.45) is 0. The van der Waals surface area contributed by atoms with E-state index in [2.05, 4.69) is 78.2 Å². The second-order valence-corrected chi connectivity index (χ2v) is 8.33. The normalized spacial score (nSPS) is 13.8. The van der Waals surface area contributed by atoms with Crippen LogP contribution >= 0.6 is 0 Å². The SMILES string of the molecule is CC(Nc1cccc2c1oc1ccc(-c3ccc4c(c3)CNC4=O)cc12)c1ccccc1. The molecule has 0 fully saturated rings. The molecule has 4 nitrogen and oxygen atoms in total. The first kappa shape index (κ1) is 18.7. The molecule has 2 N–H and O–H groups in total. The van der Waals surface area contributed by atoms with E-state index in [4.69, 9.17) is 4.42 Å². The first-order valence-corrected chi connectivity index (χ1v) is 10.9. The molecule has 1 aromatic heterocycles. The van der Waals surface area contributed by atoms with Crippen molar-refractivity contribution in [2.24, 2.45) is 0 Å². The van der Waals surface area contributed by atoms with Crippen molar-refractivity contribution < 1.29 is 9.21 Å². The number of carbonyl (C=O) groups is 1. The Morgan fingerprint density at radius 3 is 2.56 bits per heavy atom. The highest BCUT2D eigenvalue weighted by molar-refractivity contribution is 6.10. The number of anilines is 1. The van der Waals surface area contributed by atoms with Crippen molar-refractivity contribution in [2.75, 3.05) is 5.32 Å². The molecule has 5 aromatic rings. The highest BCUT2D eigenvalue weighted by Gasteiger charge is 2.19. The summed E-state index contributed by atoms with van der Waals surface area (Å²) in [6, 6.07) is 29.1. The number of rotatable bonds is 4. The molecular weight excluding hydrogens is 396 g/mol. The highest BCUT2D eigenvalue weighted by atomic mass is 16.3. The van der Waals surface area contributed by atoms with Crippen LogP contribution in [0, 0.1) is 0 Å². The van der Waals surface area contributed by atoms with Crippen molar-refractivity contribution in [1.82, 2.24) is 5.32 Å². The van der Waals surface area contributed by atoms with Gasteiger partial charge in [0, 0.05) is 28.9 Å². The lowest BCUT2D eigenvalue weighted by atomic mass is 9.99. The Balaban J connectivity index is 1.41. The van der Waals surface area contributed by atoms with Crippen LogP contribution in [-0.4, -0.2) is 5.91 Å². The minimum Gasteiger partial charge on any atom is -0.454 e. The molecule has 0 saturated carbocycles. The topological polar surface area (TPSA) is 54.3 Å². The minimum absolute atomic E-state index is 0.00703. The average molecular weight is 418 g/mol. The number of fused-ring (bicyclic) bond motifs is 4. The summed E-state index contributed by atoms with van der Waals surface area (Å²) >= 11 is 0. The molecule has 1 unspecified atom stereocenters. The number of hydrogen-bond acceptors (Lipinski definition) is 3. The number of benzene rings is 4. The van der Waals surface area contributed by atoms with E-state index in [1.54, 1.807) is 0 Å². The Morgan fingerprint density at radius 1 is 0.875 bits per heavy atom. The summed E-state index contributed by atoms with van der Waals surface area (Å²) in [5, 5.41) is 8.67. The van der Waals surface area contributed by atoms with E-state index < -0.39 is 0 Å². The van der Waals surface area contributed by atoms with Gasteiger partial charge in [-0.3, -0.25) is 4.79 Å². The van der Waals surface area contributed by atoms with Crippen molar-refractivity contribution in [3.8, 4) is 11.1 Å². The van der Waals surface area contributed by atoms with Crippen LogP contribution in [0.2, 0.25) is 0 Å². The van der Waals surface area contributed by atoms with E-state index in [1.807, 2.05) is 24.3 Å². The summed E-state index contributed by atoms with van der Waals surface area (Å²) in [5.41, 5.74) is 7.97. The molecule has 0 radical (unpaired) electrons. The predicted molar refractivity (Wildman–Crippen MR) is 129 cm³/mol. The first-order chi connectivity index (χ1) is 15.7. The molecule has 2 heterocycles. The summed E-state index contributed by atoms with van der Waals surface area (Å²) in [5.74, 6) is 0.00703. The third-order valence-electron chi connectivity index (χ3n) is 6.29. The van der Waals surface area contributed by atoms with Gasteiger partial charge in [-0.15, -0.1) is 0 Å². The second kappa shape index (κ2) is 7.27. The Kier molecular flexibility index (Phi) is 4.25. The molecule has 0 bridgehead atoms. The first-order valence-electron chi connectivity index (χ1n) is 10.9. The maximum absolute atomic E-state index is 11.9. The molecule has 4 heteroatoms. The molecule has 156 valence electrons. The fourth-order valence-corrected chi connectivity index (χ4v) is 4.56. The van der Waals surface area contributed by atoms with Crippen LogP contribution in [0.1, 0.15) is 34.5 Å². The number of carbonyl (C=O) groups excluding carboxylic acids is 1. The van der Waals surface area contributed by atoms with Crippen molar-refractivity contribution in [3.05, 3.63) is 102 Å². The van der Waals surface area contributed by atoms with Gasteiger partial charge in [0.05, 0.1) is 5.69 Å². The molecule has 6 rings (SSSR count). The minimum atomic E-state index is 0.00703. The Bertz CT molecular complexity index is 1480. The average Bonchev–Trinajstić information content (AvgIpc) is 3.40. The zero-order valence-electron chi connectivity index (χ0n) is 17.7. The lowest BCUT2D eigenvalue weighted by Gasteiger charge is -2.15. The van der Waals surface area contributed by atoms with Gasteiger partial charge in [-0.05, 0) is 59.5 Å². The number of hydrogen-bond donors (Lipinski definition) is 2. The van der Waals surface area contributed by atoms with Gasteiger partial charge in [-0.2, -0.15) is 0 Å². The van der Waals surface area contributed by atoms with Crippen LogP contribution in [0.15, 0.2) is 89.3 Å². The number of amides is 1. The molecule has 0 saturated heterocycles. The van der Waals surface area contributed by atoms with E-state index in [0.717, 1.165) is 49.9 Å². The largest absolute Gasteiger partial charge is 0.454 e. The van der Waals surface area contributed by atoms with E-state index >= 15 is 0 Å². The molecule has 1 aliphatic heterocycles. The predicted octanol–water partition coefficient (Wildman–Crippen LogP) is 6.67. The van der Waals surface area contributed by atoms with Crippen molar-refractivity contribution >= 4 is 33.5 Å². The summed E-state index contributed by atoms with van der Waals surface area (Å²) in [6.45, 7) is 2.75. The zero-order valence-corrected chi connectivity index (χ0v) is 17.7. The van der Waals surface area contributed by atoms with Gasteiger partial charge in [-0.1, -0.05) is 54.6 Å². The van der Waals surface area contributed by atoms with E-state index in [9.17, 15) is 4.79 Å². The fraction of sp³-hybridized carbons (Fsp3) is 0.107. The van der Waals surface area contributed by atoms with Gasteiger partial charge in [0.15, 0.2) is 5.58 Å². The molecular formula is C28H22N2O2. The molecule has 4 aromatic carbocycles. The van der Waals surface area contributed by atoms with Crippen LogP contribution in [0.25, 0.3) is 33.1 Å². The van der Waals surface area contributed by atoms with Gasteiger partial charge in [0.25, 0.3) is 5.91 Å². The van der Waals surface area contributed by atoms with Gasteiger partial charge in [-0.25, -0.2) is 0 Å². The lowest BCUT2D eigenvalue weighted by Crippen LogP contribution is -2.12. The summed E-state index contributed by atoms with van der Waals surface area (Å²) in [7, 11) is 0. The van der Waals surface area contributed by atoms with Gasteiger partial charge in [0.1, 0.15) is 5.58 Å². The van der Waals surface area contributed by atoms with Crippen LogP contribution in [0.5, 0.6) is 0 Å². The third kappa shape index (κ3) is 3.04. The molecule has 1 aliphatic rings. The second-order valence-electron chi connectivity index (χ2n) is 8.33.